The van der Waals surface area contributed by atoms with Gasteiger partial charge in [-0.3, -0.25) is 0 Å². The van der Waals surface area contributed by atoms with Crippen LogP contribution in [0.3, 0.4) is 0 Å². The summed E-state index contributed by atoms with van der Waals surface area (Å²) in [6.45, 7) is 1.91. The molecule has 5 heteroatoms. The summed E-state index contributed by atoms with van der Waals surface area (Å²) in [4.78, 5) is 0. The van der Waals surface area contributed by atoms with E-state index in [0.717, 1.165) is 0 Å². The minimum atomic E-state index is -4.23. The quantitative estimate of drug-likeness (QED) is 0.876. The molecule has 1 rings (SSSR count). The lowest BCUT2D eigenvalue weighted by atomic mass is 10.0. The molecule has 0 aliphatic carbocycles. The summed E-state index contributed by atoms with van der Waals surface area (Å²) in [5, 5.41) is 11.4. The molecule has 0 saturated heterocycles. The molecule has 0 fully saturated rings. The Hall–Kier alpha value is -1.54. The molecule has 0 aliphatic rings. The number of halogens is 3. The second-order valence-corrected chi connectivity index (χ2v) is 4.22. The molecule has 18 heavy (non-hydrogen) atoms. The number of alkyl halides is 3. The molecule has 0 aliphatic heterocycles. The van der Waals surface area contributed by atoms with Crippen LogP contribution in [0.5, 0.6) is 0 Å². The Labute approximate surface area is 104 Å². The summed E-state index contributed by atoms with van der Waals surface area (Å²) in [5.41, 5.74) is 0.583. The topological polar surface area (TPSA) is 35.8 Å². The van der Waals surface area contributed by atoms with E-state index in [0.29, 0.717) is 5.56 Å². The molecule has 0 bridgehead atoms. The maximum absolute atomic E-state index is 12.5. The van der Waals surface area contributed by atoms with Gasteiger partial charge in [0.15, 0.2) is 0 Å². The fourth-order valence-corrected chi connectivity index (χ4v) is 1.59. The number of nitriles is 1. The number of benzene rings is 1. The lowest BCUT2D eigenvalue weighted by Crippen LogP contribution is -2.29. The van der Waals surface area contributed by atoms with Crippen LogP contribution in [-0.4, -0.2) is 12.7 Å². The number of rotatable bonds is 5. The lowest BCUT2D eigenvalue weighted by molar-refractivity contribution is -0.140. The van der Waals surface area contributed by atoms with E-state index in [4.69, 9.17) is 5.26 Å². The van der Waals surface area contributed by atoms with E-state index < -0.39 is 18.6 Å². The highest BCUT2D eigenvalue weighted by Gasteiger charge is 2.32. The third-order valence-corrected chi connectivity index (χ3v) is 2.53. The predicted octanol–water partition coefficient (Wildman–Crippen LogP) is 3.43. The van der Waals surface area contributed by atoms with Crippen molar-refractivity contribution in [3.8, 4) is 6.07 Å². The van der Waals surface area contributed by atoms with Crippen molar-refractivity contribution in [1.82, 2.24) is 5.32 Å². The Balaban J connectivity index is 2.74. The highest BCUT2D eigenvalue weighted by Crippen LogP contribution is 2.29. The summed E-state index contributed by atoms with van der Waals surface area (Å²) < 4.78 is 37.5. The van der Waals surface area contributed by atoms with Gasteiger partial charge in [-0.25, -0.2) is 0 Å². The van der Waals surface area contributed by atoms with Crippen LogP contribution < -0.4 is 5.32 Å². The molecule has 1 aromatic rings. The maximum atomic E-state index is 12.5. The normalized spacial score (nSPS) is 14.8. The second-order valence-electron chi connectivity index (χ2n) is 4.22. The molecule has 2 atom stereocenters. The van der Waals surface area contributed by atoms with Gasteiger partial charge in [0.1, 0.15) is 0 Å². The molecule has 0 aromatic heterocycles. The van der Waals surface area contributed by atoms with Crippen molar-refractivity contribution in [3.63, 3.8) is 0 Å². The van der Waals surface area contributed by atoms with Crippen LogP contribution in [0.4, 0.5) is 13.2 Å². The van der Waals surface area contributed by atoms with Gasteiger partial charge in [-0.05, 0) is 12.5 Å². The first kappa shape index (κ1) is 14.5. The zero-order chi connectivity index (χ0) is 13.6. The van der Waals surface area contributed by atoms with E-state index in [1.54, 1.807) is 37.3 Å². The average Bonchev–Trinajstić information content (AvgIpc) is 2.33. The Morgan fingerprint density at radius 1 is 1.28 bits per heavy atom. The standard InChI is InChI=1S/C13H15F3N2/c1-10(8-17)9-18-12(7-13(14,15)16)11-5-3-2-4-6-11/h2-6,10,12,18H,7,9H2,1H3. The summed E-state index contributed by atoms with van der Waals surface area (Å²) in [6, 6.07) is 9.65. The van der Waals surface area contributed by atoms with Gasteiger partial charge in [0.25, 0.3) is 0 Å². The van der Waals surface area contributed by atoms with Crippen molar-refractivity contribution < 1.29 is 13.2 Å². The minimum Gasteiger partial charge on any atom is -0.308 e. The van der Waals surface area contributed by atoms with E-state index in [-0.39, 0.29) is 12.5 Å². The number of nitrogens with one attached hydrogen (secondary N) is 1. The fraction of sp³-hybridized carbons (Fsp3) is 0.462. The first-order valence-corrected chi connectivity index (χ1v) is 5.67. The number of nitrogens with zero attached hydrogens (tertiary/aromatic N) is 1. The molecular formula is C13H15F3N2. The van der Waals surface area contributed by atoms with Crippen LogP contribution in [0, 0.1) is 17.2 Å². The third kappa shape index (κ3) is 5.19. The predicted molar refractivity (Wildman–Crippen MR) is 62.6 cm³/mol. The second kappa shape index (κ2) is 6.41. The number of hydrogen-bond donors (Lipinski definition) is 1. The first-order chi connectivity index (χ1) is 8.42. The van der Waals surface area contributed by atoms with Crippen molar-refractivity contribution in [2.45, 2.75) is 25.6 Å². The molecule has 98 valence electrons. The molecule has 1 aromatic carbocycles. The van der Waals surface area contributed by atoms with Crippen LogP contribution in [0.2, 0.25) is 0 Å². The molecule has 0 amide bonds. The van der Waals surface area contributed by atoms with Gasteiger partial charge in [-0.15, -0.1) is 0 Å². The molecule has 0 saturated carbocycles. The lowest BCUT2D eigenvalue weighted by Gasteiger charge is -2.21. The van der Waals surface area contributed by atoms with Gasteiger partial charge in [-0.2, -0.15) is 18.4 Å². The zero-order valence-electron chi connectivity index (χ0n) is 10.0. The SMILES string of the molecule is CC(C#N)CNC(CC(F)(F)F)c1ccccc1. The molecule has 0 spiro atoms. The minimum absolute atomic E-state index is 0.242. The van der Waals surface area contributed by atoms with Crippen molar-refractivity contribution in [2.24, 2.45) is 5.92 Å². The highest BCUT2D eigenvalue weighted by atomic mass is 19.4. The summed E-state index contributed by atoms with van der Waals surface area (Å²) in [5.74, 6) is -0.315. The molecule has 1 N–H and O–H groups in total. The maximum Gasteiger partial charge on any atom is 0.390 e. The van der Waals surface area contributed by atoms with Crippen LogP contribution in [0.1, 0.15) is 24.9 Å². The Kier molecular flexibility index (Phi) is 5.17. The fourth-order valence-electron chi connectivity index (χ4n) is 1.59. The van der Waals surface area contributed by atoms with Crippen molar-refractivity contribution >= 4 is 0 Å². The summed E-state index contributed by atoms with van der Waals surface area (Å²) in [6.07, 6.45) is -5.17. The largest absolute Gasteiger partial charge is 0.390 e. The van der Waals surface area contributed by atoms with Crippen LogP contribution >= 0.6 is 0 Å². The van der Waals surface area contributed by atoms with E-state index in [2.05, 4.69) is 5.32 Å². The van der Waals surface area contributed by atoms with Gasteiger partial charge in [0.2, 0.25) is 0 Å². The molecule has 2 nitrogen and oxygen atoms in total. The van der Waals surface area contributed by atoms with Crippen molar-refractivity contribution in [3.05, 3.63) is 35.9 Å². The van der Waals surface area contributed by atoms with E-state index >= 15 is 0 Å². The summed E-state index contributed by atoms with van der Waals surface area (Å²) in [7, 11) is 0. The smallest absolute Gasteiger partial charge is 0.308 e. The highest BCUT2D eigenvalue weighted by molar-refractivity contribution is 5.19. The monoisotopic (exact) mass is 256 g/mol. The van der Waals surface area contributed by atoms with Gasteiger partial charge in [-0.1, -0.05) is 30.3 Å². The van der Waals surface area contributed by atoms with Crippen LogP contribution in [-0.2, 0) is 0 Å². The van der Waals surface area contributed by atoms with Crippen molar-refractivity contribution in [2.75, 3.05) is 6.54 Å². The molecule has 0 radical (unpaired) electrons. The Morgan fingerprint density at radius 2 is 1.89 bits per heavy atom. The Bertz CT molecular complexity index is 395. The van der Waals surface area contributed by atoms with E-state index in [9.17, 15) is 13.2 Å². The third-order valence-electron chi connectivity index (χ3n) is 2.53. The van der Waals surface area contributed by atoms with Gasteiger partial charge in [0, 0.05) is 12.6 Å². The van der Waals surface area contributed by atoms with Gasteiger partial charge < -0.3 is 5.32 Å². The van der Waals surface area contributed by atoms with Crippen LogP contribution in [0.15, 0.2) is 30.3 Å². The van der Waals surface area contributed by atoms with Gasteiger partial charge in [0.05, 0.1) is 18.4 Å². The number of hydrogen-bond acceptors (Lipinski definition) is 2. The van der Waals surface area contributed by atoms with Gasteiger partial charge >= 0.3 is 6.18 Å². The van der Waals surface area contributed by atoms with E-state index in [1.807, 2.05) is 6.07 Å². The molecule has 0 heterocycles. The molecule has 2 unspecified atom stereocenters. The zero-order valence-corrected chi connectivity index (χ0v) is 10.0. The average molecular weight is 256 g/mol. The van der Waals surface area contributed by atoms with Crippen molar-refractivity contribution in [1.29, 1.82) is 5.26 Å². The van der Waals surface area contributed by atoms with Crippen LogP contribution in [0.25, 0.3) is 0 Å². The first-order valence-electron chi connectivity index (χ1n) is 5.67. The van der Waals surface area contributed by atoms with E-state index in [1.165, 1.54) is 0 Å². The Morgan fingerprint density at radius 3 is 2.39 bits per heavy atom. The summed E-state index contributed by atoms with van der Waals surface area (Å²) >= 11 is 0. The molecular weight excluding hydrogens is 241 g/mol.